The molecule has 0 aliphatic carbocycles. The average molecular weight is 461 g/mol. The molecule has 1 atom stereocenters. The van der Waals surface area contributed by atoms with Crippen LogP contribution in [0.2, 0.25) is 0 Å². The molecular formula is C22H25FN4O4S. The zero-order valence-corrected chi connectivity index (χ0v) is 18.8. The van der Waals surface area contributed by atoms with Gasteiger partial charge in [0.1, 0.15) is 11.6 Å². The minimum Gasteiger partial charge on any atom is -0.496 e. The number of anilines is 1. The van der Waals surface area contributed by atoms with Crippen molar-refractivity contribution in [2.75, 3.05) is 38.3 Å². The lowest BCUT2D eigenvalue weighted by Gasteiger charge is -2.38. The Kier molecular flexibility index (Phi) is 5.60. The molecule has 2 aliphatic heterocycles. The molecule has 1 unspecified atom stereocenters. The molecule has 3 aromatic rings. The van der Waals surface area contributed by atoms with Crippen LogP contribution >= 0.6 is 0 Å². The van der Waals surface area contributed by atoms with E-state index in [-0.39, 0.29) is 11.6 Å². The van der Waals surface area contributed by atoms with E-state index in [1.807, 2.05) is 11.8 Å². The van der Waals surface area contributed by atoms with Gasteiger partial charge >= 0.3 is 0 Å². The van der Waals surface area contributed by atoms with Gasteiger partial charge < -0.3 is 24.1 Å². The highest BCUT2D eigenvalue weighted by Crippen LogP contribution is 2.35. The van der Waals surface area contributed by atoms with Gasteiger partial charge in [0.2, 0.25) is 0 Å². The molecular weight excluding hydrogens is 435 g/mol. The normalized spacial score (nSPS) is 19.0. The van der Waals surface area contributed by atoms with E-state index in [4.69, 9.17) is 14.2 Å². The summed E-state index contributed by atoms with van der Waals surface area (Å²) < 4.78 is 44.7. The number of aromatic amines is 1. The highest BCUT2D eigenvalue weighted by molar-refractivity contribution is 7.84. The zero-order chi connectivity index (χ0) is 22.3. The van der Waals surface area contributed by atoms with Crippen molar-refractivity contribution < 1.29 is 22.8 Å². The molecule has 2 aromatic heterocycles. The molecule has 32 heavy (non-hydrogen) atoms. The number of methoxy groups -OCH3 is 1. The minimum atomic E-state index is -1.47. The van der Waals surface area contributed by atoms with Crippen LogP contribution in [0.1, 0.15) is 24.1 Å². The Morgan fingerprint density at radius 3 is 2.75 bits per heavy atom. The number of rotatable bonds is 5. The third kappa shape index (κ3) is 3.87. The predicted molar refractivity (Wildman–Crippen MR) is 118 cm³/mol. The first kappa shape index (κ1) is 21.3. The molecule has 5 rings (SSSR count). The number of hydrogen-bond donors (Lipinski definition) is 1. The van der Waals surface area contributed by atoms with Gasteiger partial charge in [-0.1, -0.05) is 0 Å². The first-order valence-corrected chi connectivity index (χ1v) is 11.9. The van der Waals surface area contributed by atoms with Crippen molar-refractivity contribution >= 4 is 27.5 Å². The molecule has 4 heterocycles. The summed E-state index contributed by atoms with van der Waals surface area (Å²) in [4.78, 5) is 13.8. The molecule has 8 nitrogen and oxygen atoms in total. The quantitative estimate of drug-likeness (QED) is 0.626. The van der Waals surface area contributed by atoms with E-state index in [0.717, 1.165) is 5.56 Å². The molecule has 0 bridgehead atoms. The molecule has 1 aromatic carbocycles. The largest absolute Gasteiger partial charge is 0.496 e. The van der Waals surface area contributed by atoms with Crippen LogP contribution in [0.25, 0.3) is 11.0 Å². The molecule has 2 saturated heterocycles. The number of fused-ring (bicyclic) bond motifs is 1. The fraction of sp³-hybridized carbons (Fsp3) is 0.455. The van der Waals surface area contributed by atoms with E-state index in [1.165, 1.54) is 6.07 Å². The van der Waals surface area contributed by atoms with Gasteiger partial charge in [0.15, 0.2) is 10.9 Å². The number of imidazole rings is 1. The lowest BCUT2D eigenvalue weighted by atomic mass is 10.0. The van der Waals surface area contributed by atoms with E-state index in [2.05, 4.69) is 15.0 Å². The van der Waals surface area contributed by atoms with E-state index in [1.54, 1.807) is 25.4 Å². The first-order chi connectivity index (χ1) is 15.5. The van der Waals surface area contributed by atoms with Crippen LogP contribution in [0.15, 0.2) is 29.6 Å². The number of hydrogen-bond acceptors (Lipinski definition) is 7. The van der Waals surface area contributed by atoms with Crippen molar-refractivity contribution in [1.29, 1.82) is 0 Å². The van der Waals surface area contributed by atoms with Gasteiger partial charge in [0.25, 0.3) is 0 Å². The topological polar surface area (TPSA) is 89.6 Å². The Hall–Kier alpha value is -2.56. The Bertz CT molecular complexity index is 1170. The summed E-state index contributed by atoms with van der Waals surface area (Å²) in [6, 6.07) is 4.90. The molecule has 0 saturated carbocycles. The second-order valence-electron chi connectivity index (χ2n) is 8.03. The summed E-state index contributed by atoms with van der Waals surface area (Å²) in [5.41, 5.74) is 3.09. The predicted octanol–water partition coefficient (Wildman–Crippen LogP) is 3.07. The third-order valence-electron chi connectivity index (χ3n) is 6.17. The smallest absolute Gasteiger partial charge is 0.197 e. The molecule has 0 radical (unpaired) electrons. The van der Waals surface area contributed by atoms with Crippen LogP contribution in [0, 0.1) is 12.7 Å². The van der Waals surface area contributed by atoms with E-state index in [9.17, 15) is 8.60 Å². The minimum absolute atomic E-state index is 0.187. The number of halogens is 1. The van der Waals surface area contributed by atoms with Crippen LogP contribution in [-0.2, 0) is 26.0 Å². The lowest BCUT2D eigenvalue weighted by Crippen LogP contribution is -2.45. The van der Waals surface area contributed by atoms with Gasteiger partial charge in [-0.05, 0) is 19.1 Å². The van der Waals surface area contributed by atoms with Crippen molar-refractivity contribution in [2.45, 2.75) is 36.5 Å². The standard InChI is InChI=1S/C22H25FN4O4S/c1-14-18(24-6-3-20(14)29-2)13-32(28)21-25-16-11-15(23)19(12-17(16)26-21)27-7-4-22(5-8-27)30-9-10-31-22/h3,6,11-12H,4-5,7-10,13H2,1-2H3,(H,25,26). The van der Waals surface area contributed by atoms with E-state index < -0.39 is 16.6 Å². The number of piperidine rings is 1. The Balaban J connectivity index is 1.36. The number of H-pyrrole nitrogens is 1. The van der Waals surface area contributed by atoms with Gasteiger partial charge in [-0.3, -0.25) is 9.19 Å². The monoisotopic (exact) mass is 460 g/mol. The number of pyridine rings is 1. The second-order valence-corrected chi connectivity index (χ2v) is 9.40. The summed E-state index contributed by atoms with van der Waals surface area (Å²) in [7, 11) is 0.122. The molecule has 2 aliphatic rings. The van der Waals surface area contributed by atoms with Crippen LogP contribution < -0.4 is 9.64 Å². The first-order valence-electron chi connectivity index (χ1n) is 10.6. The number of nitrogens with one attached hydrogen (secondary N) is 1. The van der Waals surface area contributed by atoms with E-state index >= 15 is 0 Å². The Labute approximate surface area is 187 Å². The molecule has 1 N–H and O–H groups in total. The third-order valence-corrected chi connectivity index (χ3v) is 7.33. The van der Waals surface area contributed by atoms with Crippen LogP contribution in [-0.4, -0.2) is 58.4 Å². The Morgan fingerprint density at radius 2 is 2.03 bits per heavy atom. The molecule has 2 fully saturated rings. The maximum Gasteiger partial charge on any atom is 0.197 e. The van der Waals surface area contributed by atoms with Crippen molar-refractivity contribution in [1.82, 2.24) is 15.0 Å². The SMILES string of the molecule is COc1ccnc(CS(=O)c2nc3cc(N4CCC5(CC4)OCCO5)c(F)cc3[nH]2)c1C. The van der Waals surface area contributed by atoms with Gasteiger partial charge in [-0.2, -0.15) is 0 Å². The maximum absolute atomic E-state index is 14.9. The van der Waals surface area contributed by atoms with Crippen molar-refractivity contribution in [2.24, 2.45) is 0 Å². The number of ether oxygens (including phenoxy) is 3. The van der Waals surface area contributed by atoms with Crippen LogP contribution in [0.4, 0.5) is 10.1 Å². The molecule has 1 spiro atoms. The summed E-state index contributed by atoms with van der Waals surface area (Å²) in [5, 5.41) is 0.297. The fourth-order valence-electron chi connectivity index (χ4n) is 4.34. The second kappa shape index (κ2) is 8.42. The number of nitrogens with zero attached hydrogens (tertiary/aromatic N) is 3. The highest BCUT2D eigenvalue weighted by atomic mass is 32.2. The van der Waals surface area contributed by atoms with Crippen LogP contribution in [0.3, 0.4) is 0 Å². The number of aromatic nitrogens is 3. The molecule has 170 valence electrons. The zero-order valence-electron chi connectivity index (χ0n) is 18.0. The summed E-state index contributed by atoms with van der Waals surface area (Å²) in [6.45, 7) is 4.36. The van der Waals surface area contributed by atoms with Crippen molar-refractivity contribution in [3.8, 4) is 5.75 Å². The molecule has 0 amide bonds. The highest BCUT2D eigenvalue weighted by Gasteiger charge is 2.40. The van der Waals surface area contributed by atoms with Gasteiger partial charge in [0, 0.05) is 43.8 Å². The van der Waals surface area contributed by atoms with Gasteiger partial charge in [-0.15, -0.1) is 0 Å². The number of benzene rings is 1. The van der Waals surface area contributed by atoms with Crippen molar-refractivity contribution in [3.05, 3.63) is 41.5 Å². The molecule has 10 heteroatoms. The van der Waals surface area contributed by atoms with Gasteiger partial charge in [0.05, 0.1) is 59.3 Å². The van der Waals surface area contributed by atoms with Crippen LogP contribution in [0.5, 0.6) is 5.75 Å². The summed E-state index contributed by atoms with van der Waals surface area (Å²) in [5.74, 6) is 0.0274. The summed E-state index contributed by atoms with van der Waals surface area (Å²) in [6.07, 6.45) is 3.00. The van der Waals surface area contributed by atoms with Crippen molar-refractivity contribution in [3.63, 3.8) is 0 Å². The summed E-state index contributed by atoms with van der Waals surface area (Å²) >= 11 is 0. The Morgan fingerprint density at radius 1 is 1.28 bits per heavy atom. The van der Waals surface area contributed by atoms with Gasteiger partial charge in [-0.25, -0.2) is 9.37 Å². The average Bonchev–Trinajstić information content (AvgIpc) is 3.42. The lowest BCUT2D eigenvalue weighted by molar-refractivity contribution is -0.169. The van der Waals surface area contributed by atoms with E-state index in [0.29, 0.717) is 72.5 Å². The maximum atomic E-state index is 14.9. The fourth-order valence-corrected chi connectivity index (χ4v) is 5.44.